The summed E-state index contributed by atoms with van der Waals surface area (Å²) in [4.78, 5) is 10.0. The molecule has 0 N–H and O–H groups in total. The van der Waals surface area contributed by atoms with Crippen molar-refractivity contribution in [1.82, 2.24) is 4.48 Å². The highest BCUT2D eigenvalue weighted by molar-refractivity contribution is 5.48. The maximum absolute atomic E-state index is 10.4. The average Bonchev–Trinajstić information content (AvgIpc) is 2.03. The predicted molar refractivity (Wildman–Crippen MR) is 51.5 cm³/mol. The number of hydrogen-bond acceptors (Lipinski definition) is 2. The second-order valence-electron chi connectivity index (χ2n) is 3.70. The highest BCUT2D eigenvalue weighted by Gasteiger charge is 2.16. The van der Waals surface area contributed by atoms with Gasteiger partial charge in [-0.15, -0.1) is 0 Å². The first-order valence-electron chi connectivity index (χ1n) is 3.89. The molecular formula is C9H12N2O2+. The monoisotopic (exact) mass is 180 g/mol. The Morgan fingerprint density at radius 1 is 1.46 bits per heavy atom. The van der Waals surface area contributed by atoms with Crippen LogP contribution in [-0.2, 0) is 0 Å². The lowest BCUT2D eigenvalue weighted by Gasteiger charge is -2.22. The Morgan fingerprint density at radius 2 is 2.08 bits per heavy atom. The molecule has 1 radical (unpaired) electrons. The molecule has 0 spiro atoms. The Hall–Kier alpha value is -1.42. The minimum absolute atomic E-state index is 0.0190. The van der Waals surface area contributed by atoms with Gasteiger partial charge >= 0.3 is 0 Å². The molecule has 4 nitrogen and oxygen atoms in total. The van der Waals surface area contributed by atoms with Crippen molar-refractivity contribution < 1.29 is 4.92 Å². The minimum Gasteiger partial charge on any atom is -0.298 e. The van der Waals surface area contributed by atoms with Crippen LogP contribution in [0.4, 0.5) is 11.4 Å². The van der Waals surface area contributed by atoms with Crippen LogP contribution in [0, 0.1) is 16.2 Å². The lowest BCUT2D eigenvalue weighted by molar-refractivity contribution is -0.385. The van der Waals surface area contributed by atoms with Crippen LogP contribution >= 0.6 is 0 Å². The average molecular weight is 180 g/mol. The molecule has 0 atom stereocenters. The summed E-state index contributed by atoms with van der Waals surface area (Å²) in [6.45, 7) is 0. The molecule has 69 valence electrons. The number of nitro groups is 1. The van der Waals surface area contributed by atoms with Gasteiger partial charge in [-0.3, -0.25) is 14.6 Å². The van der Waals surface area contributed by atoms with E-state index in [1.165, 1.54) is 0 Å². The highest BCUT2D eigenvalue weighted by atomic mass is 16.6. The Kier molecular flexibility index (Phi) is 2.34. The van der Waals surface area contributed by atoms with Gasteiger partial charge in [-0.2, -0.15) is 0 Å². The molecule has 0 aliphatic rings. The van der Waals surface area contributed by atoms with Crippen LogP contribution in [0.25, 0.3) is 0 Å². The summed E-state index contributed by atoms with van der Waals surface area (Å²) in [6, 6.07) is 7.52. The summed E-state index contributed by atoms with van der Waals surface area (Å²) >= 11 is 0. The van der Waals surface area contributed by atoms with E-state index >= 15 is 0 Å². The molecule has 0 aliphatic carbocycles. The smallest absolute Gasteiger partial charge is 0.283 e. The Labute approximate surface area is 77.1 Å². The largest absolute Gasteiger partial charge is 0.298 e. The van der Waals surface area contributed by atoms with Crippen molar-refractivity contribution >= 4 is 11.4 Å². The van der Waals surface area contributed by atoms with Gasteiger partial charge in [0.15, 0.2) is 0 Å². The highest BCUT2D eigenvalue weighted by Crippen LogP contribution is 2.21. The van der Waals surface area contributed by atoms with Gasteiger partial charge < -0.3 is 0 Å². The molecule has 0 heterocycles. The van der Waals surface area contributed by atoms with E-state index in [-0.39, 0.29) is 5.69 Å². The molecule has 0 aromatic heterocycles. The second kappa shape index (κ2) is 3.14. The van der Waals surface area contributed by atoms with Crippen molar-refractivity contribution in [2.45, 2.75) is 0 Å². The van der Waals surface area contributed by atoms with Gasteiger partial charge in [0.25, 0.3) is 5.69 Å². The fourth-order valence-electron chi connectivity index (χ4n) is 0.965. The summed E-state index contributed by atoms with van der Waals surface area (Å²) in [5.74, 6) is 0. The van der Waals surface area contributed by atoms with Gasteiger partial charge in [-0.05, 0) is 6.07 Å². The van der Waals surface area contributed by atoms with Gasteiger partial charge in [0.2, 0.25) is 0 Å². The number of rotatable bonds is 2. The van der Waals surface area contributed by atoms with Crippen molar-refractivity contribution in [3.8, 4) is 0 Å². The molecule has 0 unspecified atom stereocenters. The van der Waals surface area contributed by atoms with Gasteiger partial charge in [0.1, 0.15) is 5.69 Å². The molecular weight excluding hydrogens is 168 g/mol. The SMILES string of the molecule is C[N+](C)(C)c1cc[c]c([N+](=O)[O-])c1. The zero-order chi connectivity index (χ0) is 10.1. The van der Waals surface area contributed by atoms with Crippen LogP contribution in [0.15, 0.2) is 18.2 Å². The predicted octanol–water partition coefficient (Wildman–Crippen LogP) is 1.59. The van der Waals surface area contributed by atoms with Gasteiger partial charge in [0.05, 0.1) is 38.2 Å². The first-order valence-corrected chi connectivity index (χ1v) is 3.89. The van der Waals surface area contributed by atoms with Crippen molar-refractivity contribution in [1.29, 1.82) is 0 Å². The first kappa shape index (κ1) is 9.67. The molecule has 1 aromatic rings. The molecule has 0 bridgehead atoms. The molecule has 0 aliphatic heterocycles. The summed E-state index contributed by atoms with van der Waals surface area (Å²) in [5, 5.41) is 10.4. The third kappa shape index (κ3) is 2.26. The van der Waals surface area contributed by atoms with E-state index in [0.29, 0.717) is 4.48 Å². The quantitative estimate of drug-likeness (QED) is 0.394. The number of quaternary nitrogens is 1. The second-order valence-corrected chi connectivity index (χ2v) is 3.70. The van der Waals surface area contributed by atoms with Gasteiger partial charge in [0, 0.05) is 6.07 Å². The normalized spacial score (nSPS) is 11.3. The standard InChI is InChI=1S/C9H12N2O2/c1-11(2,3)9-6-4-5-8(7-9)10(12)13/h4,6-7H,1-3H3/q+1. The van der Waals surface area contributed by atoms with Crippen LogP contribution in [0.2, 0.25) is 0 Å². The fourth-order valence-corrected chi connectivity index (χ4v) is 0.965. The van der Waals surface area contributed by atoms with E-state index in [1.807, 2.05) is 27.2 Å². The topological polar surface area (TPSA) is 43.1 Å². The number of non-ortho nitro benzene ring substituents is 1. The molecule has 1 aromatic carbocycles. The Morgan fingerprint density at radius 3 is 2.54 bits per heavy atom. The number of nitro benzene ring substituents is 1. The third-order valence-electron chi connectivity index (χ3n) is 1.74. The summed E-state index contributed by atoms with van der Waals surface area (Å²) < 4.78 is 0.565. The van der Waals surface area contributed by atoms with Crippen LogP contribution in [-0.4, -0.2) is 26.1 Å². The fraction of sp³-hybridized carbons (Fsp3) is 0.333. The molecule has 0 fully saturated rings. The number of nitrogens with zero attached hydrogens (tertiary/aromatic N) is 2. The zero-order valence-corrected chi connectivity index (χ0v) is 7.94. The lowest BCUT2D eigenvalue weighted by atomic mass is 10.2. The van der Waals surface area contributed by atoms with Gasteiger partial charge in [-0.25, -0.2) is 0 Å². The minimum atomic E-state index is -0.431. The van der Waals surface area contributed by atoms with Crippen LogP contribution in [0.3, 0.4) is 0 Å². The maximum atomic E-state index is 10.4. The van der Waals surface area contributed by atoms with Gasteiger partial charge in [-0.1, -0.05) is 0 Å². The lowest BCUT2D eigenvalue weighted by Crippen LogP contribution is -2.34. The first-order chi connectivity index (χ1) is 5.91. The van der Waals surface area contributed by atoms with E-state index in [0.717, 1.165) is 5.69 Å². The van der Waals surface area contributed by atoms with Crippen LogP contribution in [0.5, 0.6) is 0 Å². The molecule has 0 saturated heterocycles. The molecule has 4 heteroatoms. The summed E-state index contributed by atoms with van der Waals surface area (Å²) in [5.41, 5.74) is 0.913. The third-order valence-corrected chi connectivity index (χ3v) is 1.74. The summed E-state index contributed by atoms with van der Waals surface area (Å²) in [6.07, 6.45) is 0. The number of hydrogen-bond donors (Lipinski definition) is 0. The molecule has 0 amide bonds. The van der Waals surface area contributed by atoms with E-state index in [9.17, 15) is 10.1 Å². The molecule has 0 saturated carbocycles. The van der Waals surface area contributed by atoms with Crippen molar-refractivity contribution in [3.05, 3.63) is 34.4 Å². The Balaban J connectivity index is 3.13. The molecule has 13 heavy (non-hydrogen) atoms. The van der Waals surface area contributed by atoms with Crippen molar-refractivity contribution in [2.75, 3.05) is 21.1 Å². The van der Waals surface area contributed by atoms with Crippen LogP contribution < -0.4 is 4.48 Å². The Bertz CT molecular complexity index is 329. The van der Waals surface area contributed by atoms with Crippen molar-refractivity contribution in [2.24, 2.45) is 0 Å². The van der Waals surface area contributed by atoms with E-state index < -0.39 is 4.92 Å². The van der Waals surface area contributed by atoms with Crippen molar-refractivity contribution in [3.63, 3.8) is 0 Å². The van der Waals surface area contributed by atoms with E-state index in [4.69, 9.17) is 0 Å². The summed E-state index contributed by atoms with van der Waals surface area (Å²) in [7, 11) is 5.87. The maximum Gasteiger partial charge on any atom is 0.283 e. The molecule has 1 rings (SSSR count). The number of benzene rings is 1. The van der Waals surface area contributed by atoms with Crippen LogP contribution in [0.1, 0.15) is 0 Å². The zero-order valence-electron chi connectivity index (χ0n) is 7.94. The van der Waals surface area contributed by atoms with E-state index in [1.54, 1.807) is 12.1 Å². The van der Waals surface area contributed by atoms with E-state index in [2.05, 4.69) is 6.07 Å².